The van der Waals surface area contributed by atoms with E-state index in [0.717, 1.165) is 31.8 Å². The third-order valence-electron chi connectivity index (χ3n) is 4.50. The molecule has 8 heteroatoms. The van der Waals surface area contributed by atoms with Crippen LogP contribution in [0.4, 0.5) is 5.95 Å². The van der Waals surface area contributed by atoms with Gasteiger partial charge < -0.3 is 14.8 Å². The lowest BCUT2D eigenvalue weighted by molar-refractivity contribution is 0.102. The molecule has 0 aliphatic carbocycles. The Morgan fingerprint density at radius 2 is 2.04 bits per heavy atom. The number of ether oxygens (including phenoxy) is 2. The molecule has 3 rings (SSSR count). The molecule has 0 radical (unpaired) electrons. The number of anilines is 1. The maximum Gasteiger partial charge on any atom is 0.258 e. The molecule has 0 unspecified atom stereocenters. The third kappa shape index (κ3) is 4.57. The molecule has 0 atom stereocenters. The number of hydrogen-bond donors (Lipinski definition) is 2. The second-order valence-electron chi connectivity index (χ2n) is 6.93. The maximum atomic E-state index is 12.7. The minimum absolute atomic E-state index is 0.0191. The minimum Gasteiger partial charge on any atom is -0.493 e. The lowest BCUT2D eigenvalue weighted by atomic mass is 9.98. The summed E-state index contributed by atoms with van der Waals surface area (Å²) in [6, 6.07) is 5.11. The second-order valence-corrected chi connectivity index (χ2v) is 6.93. The van der Waals surface area contributed by atoms with Crippen molar-refractivity contribution < 1.29 is 14.3 Å². The lowest BCUT2D eigenvalue weighted by Crippen LogP contribution is -2.27. The average Bonchev–Trinajstić information content (AvgIpc) is 3.02. The monoisotopic (exact) mass is 373 g/mol. The predicted molar refractivity (Wildman–Crippen MR) is 103 cm³/mol. The largest absolute Gasteiger partial charge is 0.493 e. The first-order valence-electron chi connectivity index (χ1n) is 9.25. The molecular formula is C19H27N5O3. The van der Waals surface area contributed by atoms with Gasteiger partial charge in [0.05, 0.1) is 13.2 Å². The smallest absolute Gasteiger partial charge is 0.258 e. The Morgan fingerprint density at radius 1 is 1.30 bits per heavy atom. The van der Waals surface area contributed by atoms with Crippen LogP contribution in [0.5, 0.6) is 11.5 Å². The van der Waals surface area contributed by atoms with Crippen molar-refractivity contribution in [1.82, 2.24) is 20.1 Å². The maximum absolute atomic E-state index is 12.7. The predicted octanol–water partition coefficient (Wildman–Crippen LogP) is 2.33. The van der Waals surface area contributed by atoms with E-state index < -0.39 is 0 Å². The van der Waals surface area contributed by atoms with Gasteiger partial charge in [-0.2, -0.15) is 10.1 Å². The van der Waals surface area contributed by atoms with Gasteiger partial charge in [-0.1, -0.05) is 0 Å². The molecule has 1 fully saturated rings. The van der Waals surface area contributed by atoms with Gasteiger partial charge in [-0.3, -0.25) is 10.1 Å². The molecule has 1 amide bonds. The van der Waals surface area contributed by atoms with Crippen molar-refractivity contribution in [3.63, 3.8) is 0 Å². The highest BCUT2D eigenvalue weighted by Gasteiger charge is 2.22. The van der Waals surface area contributed by atoms with Crippen molar-refractivity contribution >= 4 is 11.9 Å². The molecule has 1 saturated heterocycles. The molecule has 1 aromatic carbocycles. The number of carbonyl (C=O) groups excluding carboxylic acids is 1. The molecule has 0 spiro atoms. The van der Waals surface area contributed by atoms with E-state index in [0.29, 0.717) is 28.9 Å². The van der Waals surface area contributed by atoms with Crippen LogP contribution in [0.3, 0.4) is 0 Å². The Hall–Kier alpha value is -2.61. The van der Waals surface area contributed by atoms with Crippen LogP contribution in [0.15, 0.2) is 18.2 Å². The third-order valence-corrected chi connectivity index (χ3v) is 4.50. The fourth-order valence-corrected chi connectivity index (χ4v) is 3.10. The van der Waals surface area contributed by atoms with Crippen LogP contribution in [0, 0.1) is 0 Å². The number of carbonyl (C=O) groups is 1. The lowest BCUT2D eigenvalue weighted by Gasteiger charge is -2.19. The van der Waals surface area contributed by atoms with Crippen molar-refractivity contribution in [2.75, 3.05) is 25.5 Å². The number of aromatic nitrogens is 3. The highest BCUT2D eigenvalue weighted by Crippen LogP contribution is 2.29. The standard InChI is InChI=1S/C19H27N5O3/c1-12(2)27-15-6-5-14(11-16(15)26-4)18(25)22-19-21-17(23-24(19)3)13-7-9-20-10-8-13/h5-6,11-13,20H,7-10H2,1-4H3,(H,21,22,23,25). The van der Waals surface area contributed by atoms with Gasteiger partial charge in [0.25, 0.3) is 5.91 Å². The molecule has 0 saturated carbocycles. The van der Waals surface area contributed by atoms with Crippen LogP contribution in [0.25, 0.3) is 0 Å². The SMILES string of the molecule is COc1cc(C(=O)Nc2nc(C3CCNCC3)nn2C)ccc1OC(C)C. The van der Waals surface area contributed by atoms with E-state index in [1.807, 2.05) is 13.8 Å². The summed E-state index contributed by atoms with van der Waals surface area (Å²) in [7, 11) is 3.34. The molecule has 27 heavy (non-hydrogen) atoms. The van der Waals surface area contributed by atoms with E-state index >= 15 is 0 Å². The van der Waals surface area contributed by atoms with Gasteiger partial charge in [-0.05, 0) is 58.0 Å². The van der Waals surface area contributed by atoms with Crippen molar-refractivity contribution in [3.05, 3.63) is 29.6 Å². The Labute approximate surface area is 159 Å². The second kappa shape index (κ2) is 8.39. The van der Waals surface area contributed by atoms with Crippen LogP contribution in [-0.4, -0.2) is 47.0 Å². The molecule has 2 aromatic rings. The van der Waals surface area contributed by atoms with Crippen molar-refractivity contribution in [1.29, 1.82) is 0 Å². The number of nitrogens with one attached hydrogen (secondary N) is 2. The van der Waals surface area contributed by atoms with Crippen LogP contribution >= 0.6 is 0 Å². The van der Waals surface area contributed by atoms with E-state index in [1.165, 1.54) is 0 Å². The topological polar surface area (TPSA) is 90.3 Å². The summed E-state index contributed by atoms with van der Waals surface area (Å²) in [6.45, 7) is 5.81. The van der Waals surface area contributed by atoms with Gasteiger partial charge in [0, 0.05) is 18.5 Å². The number of amides is 1. The number of aryl methyl sites for hydroxylation is 1. The summed E-state index contributed by atoms with van der Waals surface area (Å²) in [4.78, 5) is 17.2. The van der Waals surface area contributed by atoms with E-state index in [2.05, 4.69) is 20.7 Å². The van der Waals surface area contributed by atoms with Crippen molar-refractivity contribution in [2.45, 2.75) is 38.7 Å². The van der Waals surface area contributed by atoms with E-state index in [4.69, 9.17) is 9.47 Å². The number of benzene rings is 1. The van der Waals surface area contributed by atoms with E-state index in [9.17, 15) is 4.79 Å². The first-order chi connectivity index (χ1) is 13.0. The average molecular weight is 373 g/mol. The van der Waals surface area contributed by atoms with Gasteiger partial charge in [-0.15, -0.1) is 0 Å². The Balaban J connectivity index is 1.74. The summed E-state index contributed by atoms with van der Waals surface area (Å²) in [5.41, 5.74) is 0.467. The summed E-state index contributed by atoms with van der Waals surface area (Å²) in [5.74, 6) is 2.41. The fourth-order valence-electron chi connectivity index (χ4n) is 3.10. The van der Waals surface area contributed by atoms with E-state index in [1.54, 1.807) is 37.0 Å². The van der Waals surface area contributed by atoms with Crippen molar-refractivity contribution in [3.8, 4) is 11.5 Å². The number of hydrogen-bond acceptors (Lipinski definition) is 6. The summed E-state index contributed by atoms with van der Waals surface area (Å²) in [6.07, 6.45) is 2.03. The number of nitrogens with zero attached hydrogens (tertiary/aromatic N) is 3. The number of piperidine rings is 1. The number of rotatable bonds is 6. The molecule has 1 aliphatic rings. The zero-order valence-corrected chi connectivity index (χ0v) is 16.3. The number of methoxy groups -OCH3 is 1. The summed E-state index contributed by atoms with van der Waals surface area (Å²) < 4.78 is 12.7. The van der Waals surface area contributed by atoms with Gasteiger partial charge in [-0.25, -0.2) is 4.68 Å². The zero-order valence-electron chi connectivity index (χ0n) is 16.3. The van der Waals surface area contributed by atoms with Gasteiger partial charge in [0.2, 0.25) is 5.95 Å². The fraction of sp³-hybridized carbons (Fsp3) is 0.526. The van der Waals surface area contributed by atoms with Crippen LogP contribution in [0.2, 0.25) is 0 Å². The molecule has 2 N–H and O–H groups in total. The summed E-state index contributed by atoms with van der Waals surface area (Å²) >= 11 is 0. The van der Waals surface area contributed by atoms with Gasteiger partial charge >= 0.3 is 0 Å². The Morgan fingerprint density at radius 3 is 2.70 bits per heavy atom. The Bertz CT molecular complexity index is 797. The highest BCUT2D eigenvalue weighted by atomic mass is 16.5. The van der Waals surface area contributed by atoms with E-state index in [-0.39, 0.29) is 12.0 Å². The summed E-state index contributed by atoms with van der Waals surface area (Å²) in [5, 5.41) is 10.6. The van der Waals surface area contributed by atoms with Crippen LogP contribution in [0.1, 0.15) is 48.8 Å². The molecule has 146 valence electrons. The molecule has 2 heterocycles. The van der Waals surface area contributed by atoms with Gasteiger partial charge in [0.1, 0.15) is 0 Å². The molecular weight excluding hydrogens is 346 g/mol. The Kier molecular flexibility index (Phi) is 5.95. The molecule has 1 aliphatic heterocycles. The molecule has 1 aromatic heterocycles. The van der Waals surface area contributed by atoms with Crippen LogP contribution in [-0.2, 0) is 7.05 Å². The first-order valence-corrected chi connectivity index (χ1v) is 9.25. The highest BCUT2D eigenvalue weighted by molar-refractivity contribution is 6.03. The first kappa shape index (κ1) is 19.2. The normalized spacial score (nSPS) is 15.0. The van der Waals surface area contributed by atoms with Crippen molar-refractivity contribution in [2.24, 2.45) is 7.05 Å². The molecule has 8 nitrogen and oxygen atoms in total. The van der Waals surface area contributed by atoms with Crippen LogP contribution < -0.4 is 20.1 Å². The van der Waals surface area contributed by atoms with Gasteiger partial charge in [0.15, 0.2) is 17.3 Å². The molecule has 0 bridgehead atoms. The zero-order chi connectivity index (χ0) is 19.4. The minimum atomic E-state index is -0.267. The quantitative estimate of drug-likeness (QED) is 0.808.